The Morgan fingerprint density at radius 3 is 2.71 bits per heavy atom. The summed E-state index contributed by atoms with van der Waals surface area (Å²) in [4.78, 5) is 9.12. The summed E-state index contributed by atoms with van der Waals surface area (Å²) in [5.74, 6) is 0.825. The van der Waals surface area contributed by atoms with Crippen molar-refractivity contribution in [3.05, 3.63) is 47.7 Å². The van der Waals surface area contributed by atoms with Gasteiger partial charge in [0.05, 0.1) is 23.5 Å². The smallest absolute Gasteiger partial charge is 0.159 e. The minimum atomic E-state index is 0.457. The van der Waals surface area contributed by atoms with Gasteiger partial charge in [-0.25, -0.2) is 4.98 Å². The number of pyridine rings is 1. The lowest BCUT2D eigenvalue weighted by Crippen LogP contribution is -2.01. The van der Waals surface area contributed by atoms with Gasteiger partial charge in [0.25, 0.3) is 0 Å². The van der Waals surface area contributed by atoms with Gasteiger partial charge in [-0.1, -0.05) is 6.07 Å². The van der Waals surface area contributed by atoms with Crippen molar-refractivity contribution in [2.24, 2.45) is 0 Å². The summed E-state index contributed by atoms with van der Waals surface area (Å²) in [7, 11) is 0. The monoisotopic (exact) mass is 276 g/mol. The number of nitriles is 1. The molecule has 3 rings (SSSR count). The van der Waals surface area contributed by atoms with Gasteiger partial charge in [-0.05, 0) is 49.2 Å². The zero-order valence-corrected chi connectivity index (χ0v) is 12.2. The number of fused-ring (bicyclic) bond motifs is 1. The van der Waals surface area contributed by atoms with Crippen LogP contribution in [0.2, 0.25) is 0 Å². The molecule has 21 heavy (non-hydrogen) atoms. The van der Waals surface area contributed by atoms with Gasteiger partial charge >= 0.3 is 0 Å². The van der Waals surface area contributed by atoms with Crippen molar-refractivity contribution in [1.29, 1.82) is 5.26 Å². The van der Waals surface area contributed by atoms with Crippen molar-refractivity contribution in [3.8, 4) is 17.6 Å². The van der Waals surface area contributed by atoms with Crippen molar-refractivity contribution in [3.63, 3.8) is 0 Å². The van der Waals surface area contributed by atoms with E-state index in [4.69, 9.17) is 10.2 Å². The van der Waals surface area contributed by atoms with Crippen molar-refractivity contribution in [2.75, 3.05) is 0 Å². The molecule has 1 aromatic carbocycles. The maximum absolute atomic E-state index is 8.90. The number of rotatable bonds is 3. The van der Waals surface area contributed by atoms with E-state index in [1.807, 2.05) is 18.2 Å². The fourth-order valence-corrected chi connectivity index (χ4v) is 2.46. The maximum Gasteiger partial charge on any atom is 0.159 e. The molecule has 0 saturated heterocycles. The summed E-state index contributed by atoms with van der Waals surface area (Å²) in [5, 5.41) is 8.90. The lowest BCUT2D eigenvalue weighted by atomic mass is 10.1. The number of benzene rings is 1. The fraction of sp³-hybridized carbons (Fsp3) is 0.235. The highest BCUT2D eigenvalue weighted by Crippen LogP contribution is 2.26. The van der Waals surface area contributed by atoms with Crippen molar-refractivity contribution < 1.29 is 0 Å². The molecule has 0 aliphatic carbocycles. The lowest BCUT2D eigenvalue weighted by Gasteiger charge is -2.07. The molecular formula is C17H16N4. The Labute approximate surface area is 123 Å². The summed E-state index contributed by atoms with van der Waals surface area (Å²) in [6, 6.07) is 12.2. The molecule has 104 valence electrons. The van der Waals surface area contributed by atoms with Crippen LogP contribution in [-0.2, 0) is 6.54 Å². The average Bonchev–Trinajstić information content (AvgIpc) is 2.84. The van der Waals surface area contributed by atoms with Crippen molar-refractivity contribution >= 4 is 11.0 Å². The molecule has 4 nitrogen and oxygen atoms in total. The first-order chi connectivity index (χ1) is 10.2. The second-order valence-electron chi connectivity index (χ2n) is 5.14. The van der Waals surface area contributed by atoms with Gasteiger partial charge in [0.1, 0.15) is 5.69 Å². The number of imidazole rings is 1. The highest BCUT2D eigenvalue weighted by atomic mass is 15.1. The summed E-state index contributed by atoms with van der Waals surface area (Å²) in [5.41, 5.74) is 5.31. The molecular weight excluding hydrogens is 260 g/mol. The Kier molecular flexibility index (Phi) is 3.41. The standard InChI is InChI=1S/C17H16N4/c1-12-10-15-16(11-13(12)2)21(9-5-7-18)17(20-15)14-6-3-4-8-19-14/h3-4,6,8,10-11H,5,9H2,1-2H3. The van der Waals surface area contributed by atoms with Crippen LogP contribution in [0.15, 0.2) is 36.5 Å². The van der Waals surface area contributed by atoms with E-state index in [-0.39, 0.29) is 0 Å². The summed E-state index contributed by atoms with van der Waals surface area (Å²) < 4.78 is 2.09. The minimum absolute atomic E-state index is 0.457. The van der Waals surface area contributed by atoms with Gasteiger partial charge in [0, 0.05) is 12.7 Å². The van der Waals surface area contributed by atoms with Gasteiger partial charge in [0.15, 0.2) is 5.82 Å². The molecule has 0 bridgehead atoms. The van der Waals surface area contributed by atoms with E-state index in [1.54, 1.807) is 6.20 Å². The van der Waals surface area contributed by atoms with E-state index in [0.29, 0.717) is 13.0 Å². The Bertz CT molecular complexity index is 825. The topological polar surface area (TPSA) is 54.5 Å². The molecule has 0 atom stereocenters. The Balaban J connectivity index is 2.25. The minimum Gasteiger partial charge on any atom is -0.322 e. The second kappa shape index (κ2) is 5.37. The number of hydrogen-bond donors (Lipinski definition) is 0. The van der Waals surface area contributed by atoms with Gasteiger partial charge < -0.3 is 4.57 Å². The first kappa shape index (κ1) is 13.3. The van der Waals surface area contributed by atoms with Gasteiger partial charge in [0.2, 0.25) is 0 Å². The molecule has 0 fully saturated rings. The highest BCUT2D eigenvalue weighted by molar-refractivity contribution is 5.81. The summed E-state index contributed by atoms with van der Waals surface area (Å²) >= 11 is 0. The number of nitrogens with zero attached hydrogens (tertiary/aromatic N) is 4. The van der Waals surface area contributed by atoms with Crippen LogP contribution in [0.5, 0.6) is 0 Å². The third kappa shape index (κ3) is 2.38. The van der Waals surface area contributed by atoms with Crippen LogP contribution in [0.3, 0.4) is 0 Å². The zero-order chi connectivity index (χ0) is 14.8. The third-order valence-corrected chi connectivity index (χ3v) is 3.70. The molecule has 2 aromatic heterocycles. The average molecular weight is 276 g/mol. The molecule has 0 radical (unpaired) electrons. The molecule has 0 amide bonds. The largest absolute Gasteiger partial charge is 0.322 e. The first-order valence-corrected chi connectivity index (χ1v) is 6.96. The van der Waals surface area contributed by atoms with Crippen molar-refractivity contribution in [1.82, 2.24) is 14.5 Å². The molecule has 0 unspecified atom stereocenters. The molecule has 2 heterocycles. The predicted molar refractivity (Wildman–Crippen MR) is 82.7 cm³/mol. The van der Waals surface area contributed by atoms with Gasteiger partial charge in [-0.15, -0.1) is 0 Å². The Morgan fingerprint density at radius 1 is 1.19 bits per heavy atom. The van der Waals surface area contributed by atoms with Crippen LogP contribution in [0.1, 0.15) is 17.5 Å². The van der Waals surface area contributed by atoms with Crippen LogP contribution >= 0.6 is 0 Å². The number of aromatic nitrogens is 3. The maximum atomic E-state index is 8.90. The lowest BCUT2D eigenvalue weighted by molar-refractivity contribution is 0.742. The van der Waals surface area contributed by atoms with Crippen LogP contribution in [0, 0.1) is 25.2 Å². The van der Waals surface area contributed by atoms with Crippen LogP contribution in [-0.4, -0.2) is 14.5 Å². The molecule has 0 aliphatic heterocycles. The van der Waals surface area contributed by atoms with E-state index in [1.165, 1.54) is 11.1 Å². The SMILES string of the molecule is Cc1cc2nc(-c3ccccn3)n(CCC#N)c2cc1C. The molecule has 0 aliphatic rings. The van der Waals surface area contributed by atoms with Crippen LogP contribution in [0.4, 0.5) is 0 Å². The van der Waals surface area contributed by atoms with E-state index < -0.39 is 0 Å². The Morgan fingerprint density at radius 2 is 2.00 bits per heavy atom. The number of aryl methyl sites for hydroxylation is 3. The molecule has 3 aromatic rings. The van der Waals surface area contributed by atoms with E-state index >= 15 is 0 Å². The molecule has 0 saturated carbocycles. The predicted octanol–water partition coefficient (Wildman–Crippen LogP) is 3.63. The molecule has 0 N–H and O–H groups in total. The number of hydrogen-bond acceptors (Lipinski definition) is 3. The highest BCUT2D eigenvalue weighted by Gasteiger charge is 2.14. The quantitative estimate of drug-likeness (QED) is 0.734. The first-order valence-electron chi connectivity index (χ1n) is 6.96. The van der Waals surface area contributed by atoms with E-state index in [9.17, 15) is 0 Å². The summed E-state index contributed by atoms with van der Waals surface area (Å²) in [6.07, 6.45) is 2.22. The molecule has 0 spiro atoms. The fourth-order valence-electron chi connectivity index (χ4n) is 2.46. The zero-order valence-electron chi connectivity index (χ0n) is 12.2. The van der Waals surface area contributed by atoms with Crippen molar-refractivity contribution in [2.45, 2.75) is 26.8 Å². The third-order valence-electron chi connectivity index (χ3n) is 3.70. The van der Waals surface area contributed by atoms with Crippen LogP contribution < -0.4 is 0 Å². The van der Waals surface area contributed by atoms with Crippen LogP contribution in [0.25, 0.3) is 22.6 Å². The van der Waals surface area contributed by atoms with Gasteiger partial charge in [-0.2, -0.15) is 5.26 Å². The Hall–Kier alpha value is -2.67. The molecule has 4 heteroatoms. The van der Waals surface area contributed by atoms with Gasteiger partial charge in [-0.3, -0.25) is 4.98 Å². The van der Waals surface area contributed by atoms with E-state index in [2.05, 4.69) is 41.6 Å². The van der Waals surface area contributed by atoms with E-state index in [0.717, 1.165) is 22.6 Å². The second-order valence-corrected chi connectivity index (χ2v) is 5.14. The summed E-state index contributed by atoms with van der Waals surface area (Å²) in [6.45, 7) is 4.81. The normalized spacial score (nSPS) is 10.7.